The zero-order chi connectivity index (χ0) is 19.0. The van der Waals surface area contributed by atoms with Crippen molar-refractivity contribution < 1.29 is 13.2 Å². The van der Waals surface area contributed by atoms with Gasteiger partial charge in [0.15, 0.2) is 5.96 Å². The molecule has 1 saturated carbocycles. The molecular formula is C18H31IN4O3S. The Bertz CT molecular complexity index is 719. The number of nitrogens with one attached hydrogen (secondary N) is 2. The fourth-order valence-corrected chi connectivity index (χ4v) is 4.05. The summed E-state index contributed by atoms with van der Waals surface area (Å²) in [5.41, 5.74) is 1.09. The maximum atomic E-state index is 11.5. The third kappa shape index (κ3) is 7.55. The molecule has 0 bridgehead atoms. The average Bonchev–Trinajstić information content (AvgIpc) is 3.09. The van der Waals surface area contributed by atoms with Gasteiger partial charge in [0.25, 0.3) is 0 Å². The lowest BCUT2D eigenvalue weighted by atomic mass is 9.83. The largest absolute Gasteiger partial charge is 0.385 e. The number of primary sulfonamides is 1. The van der Waals surface area contributed by atoms with Gasteiger partial charge >= 0.3 is 0 Å². The molecule has 1 aliphatic rings. The number of aliphatic imine (C=N–C) groups is 1. The van der Waals surface area contributed by atoms with Crippen LogP contribution in [0.4, 0.5) is 0 Å². The third-order valence-corrected chi connectivity index (χ3v) is 5.95. The molecule has 0 aromatic heterocycles. The van der Waals surface area contributed by atoms with Crippen LogP contribution in [0.1, 0.15) is 37.7 Å². The van der Waals surface area contributed by atoms with Crippen molar-refractivity contribution >= 4 is 40.0 Å². The molecule has 0 heterocycles. The van der Waals surface area contributed by atoms with Gasteiger partial charge in [0.1, 0.15) is 0 Å². The predicted molar refractivity (Wildman–Crippen MR) is 119 cm³/mol. The lowest BCUT2D eigenvalue weighted by Crippen LogP contribution is -2.43. The fourth-order valence-electron chi connectivity index (χ4n) is 3.47. The Kier molecular flexibility index (Phi) is 9.99. The topological polar surface area (TPSA) is 106 Å². The van der Waals surface area contributed by atoms with Crippen molar-refractivity contribution in [2.45, 2.75) is 43.5 Å². The van der Waals surface area contributed by atoms with Crippen molar-refractivity contribution in [3.8, 4) is 0 Å². The van der Waals surface area contributed by atoms with Crippen molar-refractivity contribution in [1.82, 2.24) is 10.6 Å². The third-order valence-electron chi connectivity index (χ3n) is 5.04. The van der Waals surface area contributed by atoms with Crippen LogP contribution in [0.5, 0.6) is 0 Å². The number of guanidine groups is 1. The van der Waals surface area contributed by atoms with E-state index in [9.17, 15) is 8.42 Å². The molecule has 7 nitrogen and oxygen atoms in total. The van der Waals surface area contributed by atoms with E-state index in [1.165, 1.54) is 31.7 Å². The van der Waals surface area contributed by atoms with Gasteiger partial charge in [-0.3, -0.25) is 4.99 Å². The second kappa shape index (κ2) is 11.2. The Balaban J connectivity index is 0.00000364. The Morgan fingerprint density at radius 1 is 1.30 bits per heavy atom. The highest BCUT2D eigenvalue weighted by Crippen LogP contribution is 2.40. The van der Waals surface area contributed by atoms with E-state index < -0.39 is 10.0 Å². The van der Waals surface area contributed by atoms with Crippen LogP contribution in [0.25, 0.3) is 0 Å². The summed E-state index contributed by atoms with van der Waals surface area (Å²) in [7, 11) is -0.222. The lowest BCUT2D eigenvalue weighted by Gasteiger charge is -2.30. The second-order valence-electron chi connectivity index (χ2n) is 6.92. The minimum absolute atomic E-state index is 0. The average molecular weight is 510 g/mol. The molecule has 1 aliphatic carbocycles. The molecule has 0 atom stereocenters. The zero-order valence-electron chi connectivity index (χ0n) is 16.0. The van der Waals surface area contributed by atoms with Gasteiger partial charge in [-0.25, -0.2) is 13.6 Å². The molecule has 0 spiro atoms. The van der Waals surface area contributed by atoms with Crippen molar-refractivity contribution in [3.05, 3.63) is 29.8 Å². The van der Waals surface area contributed by atoms with Crippen LogP contribution >= 0.6 is 24.0 Å². The monoisotopic (exact) mass is 510 g/mol. The van der Waals surface area contributed by atoms with Gasteiger partial charge in [0.05, 0.1) is 4.90 Å². The molecule has 154 valence electrons. The molecule has 0 unspecified atom stereocenters. The van der Waals surface area contributed by atoms with E-state index in [2.05, 4.69) is 15.6 Å². The zero-order valence-corrected chi connectivity index (χ0v) is 19.2. The number of benzene rings is 1. The number of nitrogens with zero attached hydrogens (tertiary/aromatic N) is 1. The Labute approximate surface area is 179 Å². The second-order valence-corrected chi connectivity index (χ2v) is 8.48. The standard InChI is InChI=1S/C18H30N4O3S.HI/c1-20-17(22-14-18(10-11-25-2)8-3-4-9-18)21-13-15-6-5-7-16(12-15)26(19,23)24;/h5-7,12H,3-4,8-11,13-14H2,1-2H3,(H2,19,23,24)(H2,20,21,22);1H. The molecule has 1 aromatic carbocycles. The van der Waals surface area contributed by atoms with E-state index in [1.54, 1.807) is 26.3 Å². The molecule has 1 aromatic rings. The summed E-state index contributed by atoms with van der Waals surface area (Å²) in [6.07, 6.45) is 5.98. The molecule has 0 saturated heterocycles. The first-order valence-electron chi connectivity index (χ1n) is 8.94. The van der Waals surface area contributed by atoms with E-state index in [1.807, 2.05) is 6.07 Å². The van der Waals surface area contributed by atoms with Crippen LogP contribution in [0.3, 0.4) is 0 Å². The van der Waals surface area contributed by atoms with Crippen LogP contribution < -0.4 is 15.8 Å². The summed E-state index contributed by atoms with van der Waals surface area (Å²) in [5.74, 6) is 0.703. The maximum absolute atomic E-state index is 11.5. The van der Waals surface area contributed by atoms with Crippen molar-refractivity contribution in [2.75, 3.05) is 27.3 Å². The minimum atomic E-state index is -3.69. The first-order valence-corrected chi connectivity index (χ1v) is 10.5. The SMILES string of the molecule is CN=C(NCc1cccc(S(N)(=O)=O)c1)NCC1(CCOC)CCCC1.I. The highest BCUT2D eigenvalue weighted by atomic mass is 127. The van der Waals surface area contributed by atoms with Gasteiger partial charge in [-0.15, -0.1) is 24.0 Å². The minimum Gasteiger partial charge on any atom is -0.385 e. The molecule has 0 aliphatic heterocycles. The number of hydrogen-bond acceptors (Lipinski definition) is 4. The van der Waals surface area contributed by atoms with Gasteiger partial charge < -0.3 is 15.4 Å². The Morgan fingerprint density at radius 3 is 2.59 bits per heavy atom. The molecule has 1 fully saturated rings. The van der Waals surface area contributed by atoms with Crippen LogP contribution in [0.15, 0.2) is 34.2 Å². The Morgan fingerprint density at radius 2 is 2.00 bits per heavy atom. The van der Waals surface area contributed by atoms with E-state index in [0.717, 1.165) is 25.1 Å². The first-order chi connectivity index (χ1) is 12.4. The number of methoxy groups -OCH3 is 1. The Hall–Kier alpha value is -0.910. The quantitative estimate of drug-likeness (QED) is 0.283. The number of hydrogen-bond donors (Lipinski definition) is 3. The first kappa shape index (κ1) is 24.1. The van der Waals surface area contributed by atoms with Crippen LogP contribution in [-0.2, 0) is 21.3 Å². The van der Waals surface area contributed by atoms with Crippen LogP contribution in [0.2, 0.25) is 0 Å². The van der Waals surface area contributed by atoms with Gasteiger partial charge in [-0.2, -0.15) is 0 Å². The summed E-state index contributed by atoms with van der Waals surface area (Å²) < 4.78 is 28.2. The number of nitrogens with two attached hydrogens (primary N) is 1. The van der Waals surface area contributed by atoms with Crippen molar-refractivity contribution in [3.63, 3.8) is 0 Å². The van der Waals surface area contributed by atoms with Crippen LogP contribution in [-0.4, -0.2) is 41.7 Å². The van der Waals surface area contributed by atoms with E-state index in [-0.39, 0.29) is 34.3 Å². The number of rotatable bonds is 8. The highest BCUT2D eigenvalue weighted by molar-refractivity contribution is 14.0. The fraction of sp³-hybridized carbons (Fsp3) is 0.611. The van der Waals surface area contributed by atoms with Gasteiger partial charge in [0.2, 0.25) is 10.0 Å². The molecule has 4 N–H and O–H groups in total. The smallest absolute Gasteiger partial charge is 0.238 e. The van der Waals surface area contributed by atoms with Crippen molar-refractivity contribution in [1.29, 1.82) is 0 Å². The van der Waals surface area contributed by atoms with Gasteiger partial charge in [-0.1, -0.05) is 25.0 Å². The molecule has 0 amide bonds. The molecule has 9 heteroatoms. The summed E-state index contributed by atoms with van der Waals surface area (Å²) >= 11 is 0. The number of sulfonamides is 1. The van der Waals surface area contributed by atoms with Gasteiger partial charge in [-0.05, 0) is 42.4 Å². The highest BCUT2D eigenvalue weighted by Gasteiger charge is 2.33. The predicted octanol–water partition coefficient (Wildman–Crippen LogP) is 2.21. The van der Waals surface area contributed by atoms with Crippen molar-refractivity contribution in [2.24, 2.45) is 15.5 Å². The number of ether oxygens (including phenoxy) is 1. The maximum Gasteiger partial charge on any atom is 0.238 e. The molecule has 0 radical (unpaired) electrons. The summed E-state index contributed by atoms with van der Waals surface area (Å²) in [6, 6.07) is 6.61. The summed E-state index contributed by atoms with van der Waals surface area (Å²) in [4.78, 5) is 4.38. The molecular weight excluding hydrogens is 479 g/mol. The molecule has 2 rings (SSSR count). The lowest BCUT2D eigenvalue weighted by molar-refractivity contribution is 0.138. The van der Waals surface area contributed by atoms with Gasteiger partial charge in [0, 0.05) is 33.9 Å². The van der Waals surface area contributed by atoms with E-state index in [4.69, 9.17) is 9.88 Å². The number of halogens is 1. The summed E-state index contributed by atoms with van der Waals surface area (Å²) in [6.45, 7) is 2.09. The normalized spacial score (nSPS) is 16.6. The van der Waals surface area contributed by atoms with E-state index in [0.29, 0.717) is 12.5 Å². The molecule has 27 heavy (non-hydrogen) atoms. The van der Waals surface area contributed by atoms with E-state index >= 15 is 0 Å². The van der Waals surface area contributed by atoms with Crippen LogP contribution in [0, 0.1) is 5.41 Å². The summed E-state index contributed by atoms with van der Waals surface area (Å²) in [5, 5.41) is 11.8.